The van der Waals surface area contributed by atoms with Gasteiger partial charge in [0.15, 0.2) is 11.6 Å². The Kier molecular flexibility index (Phi) is 5.08. The van der Waals surface area contributed by atoms with Gasteiger partial charge in [-0.15, -0.1) is 10.2 Å². The second kappa shape index (κ2) is 7.65. The fourth-order valence-corrected chi connectivity index (χ4v) is 3.64. The molecule has 0 aromatic carbocycles. The minimum absolute atomic E-state index is 0.143. The number of piperazine rings is 1. The Hall–Kier alpha value is -2.46. The number of amides is 3. The van der Waals surface area contributed by atoms with Crippen LogP contribution < -0.4 is 15.1 Å². The Morgan fingerprint density at radius 2 is 1.56 bits per heavy atom. The second-order valence-corrected chi connectivity index (χ2v) is 6.99. The molecule has 0 saturated carbocycles. The zero-order chi connectivity index (χ0) is 18.8. The van der Waals surface area contributed by atoms with Crippen molar-refractivity contribution in [2.45, 2.75) is 12.6 Å². The van der Waals surface area contributed by atoms with Crippen LogP contribution in [-0.2, 0) is 9.53 Å². The molecule has 1 N–H and O–H groups in total. The van der Waals surface area contributed by atoms with Gasteiger partial charge in [0.1, 0.15) is 0 Å². The third kappa shape index (κ3) is 3.81. The molecule has 10 heteroatoms. The number of carbonyl (C=O) groups is 2. The summed E-state index contributed by atoms with van der Waals surface area (Å²) in [5.41, 5.74) is 0. The van der Waals surface area contributed by atoms with Gasteiger partial charge in [0.25, 0.3) is 0 Å². The molecule has 1 aromatic rings. The number of nitrogens with zero attached hydrogens (tertiary/aromatic N) is 6. The topological polar surface area (TPSA) is 94.1 Å². The largest absolute Gasteiger partial charge is 0.378 e. The molecule has 1 aromatic heterocycles. The van der Waals surface area contributed by atoms with E-state index < -0.39 is 0 Å². The maximum atomic E-state index is 11.9. The zero-order valence-electron chi connectivity index (χ0n) is 15.5. The van der Waals surface area contributed by atoms with Crippen LogP contribution in [0.25, 0.3) is 0 Å². The normalized spacial score (nSPS) is 24.9. The maximum absolute atomic E-state index is 11.9. The highest BCUT2D eigenvalue weighted by Crippen LogP contribution is 2.19. The summed E-state index contributed by atoms with van der Waals surface area (Å²) >= 11 is 0. The van der Waals surface area contributed by atoms with Gasteiger partial charge in [-0.1, -0.05) is 0 Å². The number of anilines is 2. The predicted molar refractivity (Wildman–Crippen MR) is 98.6 cm³/mol. The fraction of sp³-hybridized carbons (Fsp3) is 0.647. The molecule has 3 aliphatic heterocycles. The molecule has 4 rings (SSSR count). The van der Waals surface area contributed by atoms with Crippen molar-refractivity contribution in [3.05, 3.63) is 12.1 Å². The van der Waals surface area contributed by atoms with E-state index in [9.17, 15) is 9.59 Å². The zero-order valence-corrected chi connectivity index (χ0v) is 15.5. The van der Waals surface area contributed by atoms with E-state index in [-0.39, 0.29) is 18.1 Å². The molecule has 27 heavy (non-hydrogen) atoms. The lowest BCUT2D eigenvalue weighted by Crippen LogP contribution is -2.62. The number of imide groups is 1. The fourth-order valence-electron chi connectivity index (χ4n) is 3.64. The second-order valence-electron chi connectivity index (χ2n) is 6.99. The van der Waals surface area contributed by atoms with Gasteiger partial charge in [-0.25, -0.2) is 4.79 Å². The van der Waals surface area contributed by atoms with Gasteiger partial charge in [-0.05, 0) is 12.1 Å². The molecule has 146 valence electrons. The molecule has 0 aliphatic carbocycles. The number of carbonyl (C=O) groups excluding carboxylic acids is 2. The Morgan fingerprint density at radius 3 is 2.11 bits per heavy atom. The van der Waals surface area contributed by atoms with Crippen LogP contribution in [0.15, 0.2) is 12.1 Å². The number of morpholine rings is 1. The van der Waals surface area contributed by atoms with E-state index in [1.54, 1.807) is 0 Å². The molecule has 4 heterocycles. The van der Waals surface area contributed by atoms with Crippen molar-refractivity contribution in [3.63, 3.8) is 0 Å². The molecule has 1 atom stereocenters. The molecule has 0 spiro atoms. The molecular formula is C17H25N7O3. The van der Waals surface area contributed by atoms with E-state index in [2.05, 4.69) is 30.2 Å². The van der Waals surface area contributed by atoms with Crippen molar-refractivity contribution in [2.24, 2.45) is 0 Å². The molecule has 3 fully saturated rings. The lowest BCUT2D eigenvalue weighted by atomic mass is 10.2. The SMILES string of the molecule is CN1C(=O)CC(N2CCN(c3ccc(N4CCOCC4)nn3)CC2)NC1=O. The highest BCUT2D eigenvalue weighted by atomic mass is 16.5. The molecular weight excluding hydrogens is 350 g/mol. The van der Waals surface area contributed by atoms with Crippen molar-refractivity contribution in [2.75, 3.05) is 69.3 Å². The summed E-state index contributed by atoms with van der Waals surface area (Å²) in [6, 6.07) is 3.69. The highest BCUT2D eigenvalue weighted by molar-refractivity contribution is 5.96. The first-order valence-electron chi connectivity index (χ1n) is 9.34. The van der Waals surface area contributed by atoms with Crippen molar-refractivity contribution < 1.29 is 14.3 Å². The molecule has 10 nitrogen and oxygen atoms in total. The smallest absolute Gasteiger partial charge is 0.325 e. The lowest BCUT2D eigenvalue weighted by Gasteiger charge is -2.41. The number of ether oxygens (including phenoxy) is 1. The number of rotatable bonds is 3. The van der Waals surface area contributed by atoms with Gasteiger partial charge >= 0.3 is 6.03 Å². The van der Waals surface area contributed by atoms with E-state index in [0.717, 1.165) is 69.0 Å². The first-order chi connectivity index (χ1) is 13.1. The minimum Gasteiger partial charge on any atom is -0.378 e. The van der Waals surface area contributed by atoms with Crippen LogP contribution in [0.4, 0.5) is 16.4 Å². The van der Waals surface area contributed by atoms with Crippen molar-refractivity contribution in [1.82, 2.24) is 25.3 Å². The lowest BCUT2D eigenvalue weighted by molar-refractivity contribution is -0.130. The molecule has 1 unspecified atom stereocenters. The van der Waals surface area contributed by atoms with Crippen LogP contribution in [0.1, 0.15) is 6.42 Å². The van der Waals surface area contributed by atoms with E-state index in [1.807, 2.05) is 12.1 Å². The summed E-state index contributed by atoms with van der Waals surface area (Å²) in [6.45, 7) is 6.21. The van der Waals surface area contributed by atoms with Crippen LogP contribution >= 0.6 is 0 Å². The van der Waals surface area contributed by atoms with Crippen LogP contribution in [0.3, 0.4) is 0 Å². The monoisotopic (exact) mass is 375 g/mol. The average Bonchev–Trinajstić information content (AvgIpc) is 2.72. The maximum Gasteiger partial charge on any atom is 0.325 e. The Balaban J connectivity index is 1.32. The van der Waals surface area contributed by atoms with E-state index in [0.29, 0.717) is 6.42 Å². The summed E-state index contributed by atoms with van der Waals surface area (Å²) < 4.78 is 5.37. The van der Waals surface area contributed by atoms with Crippen molar-refractivity contribution in [1.29, 1.82) is 0 Å². The molecule has 3 aliphatic rings. The Morgan fingerprint density at radius 1 is 0.963 bits per heavy atom. The van der Waals surface area contributed by atoms with Gasteiger partial charge in [-0.2, -0.15) is 0 Å². The summed E-state index contributed by atoms with van der Waals surface area (Å²) in [5, 5.41) is 11.7. The summed E-state index contributed by atoms with van der Waals surface area (Å²) in [6.07, 6.45) is 0.0918. The number of hydrogen-bond donors (Lipinski definition) is 1. The Bertz CT molecular complexity index is 666. The standard InChI is InChI=1S/C17H25N7O3/c1-21-16(25)12-15(18-17(21)26)23-6-4-22(5-7-23)13-2-3-14(20-19-13)24-8-10-27-11-9-24/h2-3,15H,4-12H2,1H3,(H,18,26). The quantitative estimate of drug-likeness (QED) is 0.744. The van der Waals surface area contributed by atoms with Gasteiger partial charge < -0.3 is 19.9 Å². The third-order valence-electron chi connectivity index (χ3n) is 5.39. The van der Waals surface area contributed by atoms with Gasteiger partial charge in [0.2, 0.25) is 5.91 Å². The van der Waals surface area contributed by atoms with Crippen LogP contribution in [0, 0.1) is 0 Å². The number of urea groups is 1. The van der Waals surface area contributed by atoms with Gasteiger partial charge in [0.05, 0.1) is 25.8 Å². The number of hydrogen-bond acceptors (Lipinski definition) is 8. The minimum atomic E-state index is -0.330. The predicted octanol–water partition coefficient (Wildman–Crippen LogP) is -0.667. The van der Waals surface area contributed by atoms with E-state index in [4.69, 9.17) is 4.74 Å². The third-order valence-corrected chi connectivity index (χ3v) is 5.39. The average molecular weight is 375 g/mol. The van der Waals surface area contributed by atoms with Crippen LogP contribution in [0.2, 0.25) is 0 Å². The van der Waals surface area contributed by atoms with Crippen molar-refractivity contribution >= 4 is 23.6 Å². The van der Waals surface area contributed by atoms with Crippen LogP contribution in [-0.4, -0.2) is 97.6 Å². The molecule has 0 bridgehead atoms. The first-order valence-corrected chi connectivity index (χ1v) is 9.34. The first kappa shape index (κ1) is 17.9. The molecule has 0 radical (unpaired) electrons. The summed E-state index contributed by atoms with van der Waals surface area (Å²) in [4.78, 5) is 31.4. The number of nitrogens with one attached hydrogen (secondary N) is 1. The molecule has 3 amide bonds. The van der Waals surface area contributed by atoms with E-state index >= 15 is 0 Å². The molecule has 3 saturated heterocycles. The van der Waals surface area contributed by atoms with Gasteiger partial charge in [0, 0.05) is 46.3 Å². The highest BCUT2D eigenvalue weighted by Gasteiger charge is 2.34. The van der Waals surface area contributed by atoms with E-state index in [1.165, 1.54) is 7.05 Å². The summed E-state index contributed by atoms with van der Waals surface area (Å²) in [7, 11) is 1.51. The van der Waals surface area contributed by atoms with Crippen molar-refractivity contribution in [3.8, 4) is 0 Å². The van der Waals surface area contributed by atoms with Gasteiger partial charge in [-0.3, -0.25) is 14.6 Å². The van der Waals surface area contributed by atoms with Crippen LogP contribution in [0.5, 0.6) is 0 Å². The number of aromatic nitrogens is 2. The Labute approximate surface area is 158 Å². The summed E-state index contributed by atoms with van der Waals surface area (Å²) in [5.74, 6) is 1.60.